The fraction of sp³-hybridized carbons (Fsp3) is 0.500. The number of hydrogen-bond acceptors (Lipinski definition) is 1. The van der Waals surface area contributed by atoms with Crippen molar-refractivity contribution in [1.82, 2.24) is 0 Å². The Morgan fingerprint density at radius 3 is 2.67 bits per heavy atom. The molecule has 1 nitrogen and oxygen atoms in total. The first-order valence-electron chi connectivity index (χ1n) is 5.39. The lowest BCUT2D eigenvalue weighted by Crippen LogP contribution is -2.19. The van der Waals surface area contributed by atoms with Gasteiger partial charge in [0, 0.05) is 6.04 Å². The van der Waals surface area contributed by atoms with Gasteiger partial charge < -0.3 is 5.32 Å². The second kappa shape index (κ2) is 5.96. The van der Waals surface area contributed by atoms with E-state index in [4.69, 9.17) is 11.6 Å². The highest BCUT2D eigenvalue weighted by Crippen LogP contribution is 2.26. The second-order valence-corrected chi connectivity index (χ2v) is 4.04. The zero-order chi connectivity index (χ0) is 11.3. The van der Waals surface area contributed by atoms with Gasteiger partial charge in [0.1, 0.15) is 5.82 Å². The van der Waals surface area contributed by atoms with Crippen molar-refractivity contribution in [1.29, 1.82) is 0 Å². The van der Waals surface area contributed by atoms with Crippen LogP contribution in [0.15, 0.2) is 18.2 Å². The molecule has 0 heterocycles. The van der Waals surface area contributed by atoms with Gasteiger partial charge in [-0.1, -0.05) is 37.9 Å². The van der Waals surface area contributed by atoms with Crippen molar-refractivity contribution in [3.63, 3.8) is 0 Å². The van der Waals surface area contributed by atoms with E-state index in [0.29, 0.717) is 16.8 Å². The third-order valence-corrected chi connectivity index (χ3v) is 2.76. The SMILES string of the molecule is CCCC(CC)Nc1c(F)cccc1Cl. The Morgan fingerprint density at radius 1 is 1.40 bits per heavy atom. The summed E-state index contributed by atoms with van der Waals surface area (Å²) in [5.41, 5.74) is 0.430. The van der Waals surface area contributed by atoms with Crippen LogP contribution in [0.4, 0.5) is 10.1 Å². The van der Waals surface area contributed by atoms with Crippen LogP contribution in [0.3, 0.4) is 0 Å². The summed E-state index contributed by atoms with van der Waals surface area (Å²) in [6.45, 7) is 4.20. The molecule has 1 rings (SSSR count). The normalized spacial score (nSPS) is 12.5. The molecule has 0 amide bonds. The Balaban J connectivity index is 2.78. The molecule has 0 aliphatic rings. The Kier molecular flexibility index (Phi) is 4.89. The topological polar surface area (TPSA) is 12.0 Å². The van der Waals surface area contributed by atoms with Crippen LogP contribution in [0.1, 0.15) is 33.1 Å². The van der Waals surface area contributed by atoms with Crippen LogP contribution in [0.5, 0.6) is 0 Å². The van der Waals surface area contributed by atoms with E-state index in [1.807, 2.05) is 0 Å². The van der Waals surface area contributed by atoms with Gasteiger partial charge in [-0.3, -0.25) is 0 Å². The van der Waals surface area contributed by atoms with Crippen LogP contribution >= 0.6 is 11.6 Å². The largest absolute Gasteiger partial charge is 0.379 e. The number of para-hydroxylation sites is 1. The van der Waals surface area contributed by atoms with Crippen LogP contribution < -0.4 is 5.32 Å². The maximum absolute atomic E-state index is 13.4. The molecule has 0 fully saturated rings. The summed E-state index contributed by atoms with van der Waals surface area (Å²) in [6, 6.07) is 5.03. The van der Waals surface area contributed by atoms with Crippen LogP contribution in [-0.4, -0.2) is 6.04 Å². The molecular formula is C12H17ClFN. The first-order chi connectivity index (χ1) is 7.19. The molecule has 0 aliphatic heterocycles. The van der Waals surface area contributed by atoms with Gasteiger partial charge >= 0.3 is 0 Å². The fourth-order valence-electron chi connectivity index (χ4n) is 1.57. The molecule has 0 aliphatic carbocycles. The minimum atomic E-state index is -0.281. The first-order valence-corrected chi connectivity index (χ1v) is 5.77. The molecule has 1 atom stereocenters. The Morgan fingerprint density at radius 2 is 2.13 bits per heavy atom. The standard InChI is InChI=1S/C12H17ClFN/c1-3-6-9(4-2)15-12-10(13)7-5-8-11(12)14/h5,7-9,15H,3-4,6H2,1-2H3. The number of hydrogen-bond donors (Lipinski definition) is 1. The molecule has 1 N–H and O–H groups in total. The average Bonchev–Trinajstić information content (AvgIpc) is 2.22. The Labute approximate surface area is 95.6 Å². The van der Waals surface area contributed by atoms with E-state index in [2.05, 4.69) is 19.2 Å². The summed E-state index contributed by atoms with van der Waals surface area (Å²) in [5.74, 6) is -0.281. The maximum atomic E-state index is 13.4. The van der Waals surface area contributed by atoms with Crippen molar-refractivity contribution >= 4 is 17.3 Å². The number of anilines is 1. The monoisotopic (exact) mass is 229 g/mol. The lowest BCUT2D eigenvalue weighted by Gasteiger charge is -2.18. The molecule has 1 aromatic carbocycles. The summed E-state index contributed by atoms with van der Waals surface area (Å²) in [6.07, 6.45) is 3.08. The Bertz CT molecular complexity index is 294. The van der Waals surface area contributed by atoms with Gasteiger partial charge in [0.25, 0.3) is 0 Å². The third kappa shape index (κ3) is 3.38. The van der Waals surface area contributed by atoms with Gasteiger partial charge in [0.15, 0.2) is 0 Å². The van der Waals surface area contributed by atoms with Crippen LogP contribution in [0, 0.1) is 5.82 Å². The van der Waals surface area contributed by atoms with Gasteiger partial charge in [0.2, 0.25) is 0 Å². The van der Waals surface area contributed by atoms with E-state index >= 15 is 0 Å². The lowest BCUT2D eigenvalue weighted by atomic mass is 10.1. The molecule has 0 bridgehead atoms. The molecule has 3 heteroatoms. The van der Waals surface area contributed by atoms with Gasteiger partial charge in [-0.2, -0.15) is 0 Å². The lowest BCUT2D eigenvalue weighted by molar-refractivity contribution is 0.599. The zero-order valence-corrected chi connectivity index (χ0v) is 9.94. The van der Waals surface area contributed by atoms with Crippen molar-refractivity contribution in [3.05, 3.63) is 29.0 Å². The van der Waals surface area contributed by atoms with E-state index in [1.54, 1.807) is 12.1 Å². The average molecular weight is 230 g/mol. The van der Waals surface area contributed by atoms with Crippen LogP contribution in [0.2, 0.25) is 5.02 Å². The molecule has 0 saturated carbocycles. The first kappa shape index (κ1) is 12.3. The maximum Gasteiger partial charge on any atom is 0.147 e. The van der Waals surface area contributed by atoms with Crippen molar-refractivity contribution in [2.24, 2.45) is 0 Å². The molecule has 84 valence electrons. The van der Waals surface area contributed by atoms with Gasteiger partial charge in [-0.25, -0.2) is 4.39 Å². The van der Waals surface area contributed by atoms with Crippen molar-refractivity contribution in [2.45, 2.75) is 39.2 Å². The number of halogens is 2. The third-order valence-electron chi connectivity index (χ3n) is 2.44. The van der Waals surface area contributed by atoms with Gasteiger partial charge in [-0.15, -0.1) is 0 Å². The smallest absolute Gasteiger partial charge is 0.147 e. The molecular weight excluding hydrogens is 213 g/mol. The Hall–Kier alpha value is -0.760. The van der Waals surface area contributed by atoms with Crippen molar-refractivity contribution in [2.75, 3.05) is 5.32 Å². The molecule has 15 heavy (non-hydrogen) atoms. The van der Waals surface area contributed by atoms with Crippen LogP contribution in [0.25, 0.3) is 0 Å². The molecule has 1 aromatic rings. The quantitative estimate of drug-likeness (QED) is 0.786. The van der Waals surface area contributed by atoms with E-state index < -0.39 is 0 Å². The number of benzene rings is 1. The molecule has 0 aromatic heterocycles. The highest BCUT2D eigenvalue weighted by atomic mass is 35.5. The van der Waals surface area contributed by atoms with Crippen LogP contribution in [-0.2, 0) is 0 Å². The minimum Gasteiger partial charge on any atom is -0.379 e. The molecule has 1 unspecified atom stereocenters. The van der Waals surface area contributed by atoms with Crippen molar-refractivity contribution in [3.8, 4) is 0 Å². The van der Waals surface area contributed by atoms with Gasteiger partial charge in [0.05, 0.1) is 10.7 Å². The summed E-state index contributed by atoms with van der Waals surface area (Å²) < 4.78 is 13.4. The number of nitrogens with one attached hydrogen (secondary N) is 1. The minimum absolute atomic E-state index is 0.281. The highest BCUT2D eigenvalue weighted by molar-refractivity contribution is 6.33. The van der Waals surface area contributed by atoms with E-state index in [0.717, 1.165) is 19.3 Å². The number of rotatable bonds is 5. The summed E-state index contributed by atoms with van der Waals surface area (Å²) >= 11 is 5.93. The zero-order valence-electron chi connectivity index (χ0n) is 9.19. The van der Waals surface area contributed by atoms with E-state index in [1.165, 1.54) is 6.07 Å². The molecule has 0 saturated heterocycles. The predicted octanol–water partition coefficient (Wildman–Crippen LogP) is 4.47. The van der Waals surface area contributed by atoms with Crippen molar-refractivity contribution < 1.29 is 4.39 Å². The highest BCUT2D eigenvalue weighted by Gasteiger charge is 2.11. The van der Waals surface area contributed by atoms with E-state index in [-0.39, 0.29) is 5.82 Å². The fourth-order valence-corrected chi connectivity index (χ4v) is 1.78. The second-order valence-electron chi connectivity index (χ2n) is 3.63. The summed E-state index contributed by atoms with van der Waals surface area (Å²) in [7, 11) is 0. The summed E-state index contributed by atoms with van der Waals surface area (Å²) in [4.78, 5) is 0. The van der Waals surface area contributed by atoms with Gasteiger partial charge in [-0.05, 0) is 25.0 Å². The summed E-state index contributed by atoms with van der Waals surface area (Å²) in [5, 5.41) is 3.61. The molecule has 0 radical (unpaired) electrons. The molecule has 0 spiro atoms. The predicted molar refractivity (Wildman–Crippen MR) is 64.0 cm³/mol. The van der Waals surface area contributed by atoms with E-state index in [9.17, 15) is 4.39 Å².